The van der Waals surface area contributed by atoms with Crippen LogP contribution in [0.3, 0.4) is 0 Å². The van der Waals surface area contributed by atoms with Crippen LogP contribution in [-0.2, 0) is 17.8 Å². The number of carboxylic acid groups (broad SMARTS) is 1. The first-order valence-corrected chi connectivity index (χ1v) is 8.05. The van der Waals surface area contributed by atoms with Gasteiger partial charge in [0.05, 0.1) is 5.52 Å². The number of rotatable bonds is 3. The summed E-state index contributed by atoms with van der Waals surface area (Å²) < 4.78 is 0. The number of aryl methyl sites for hydroxylation is 2. The molecule has 2 aromatic rings. The second kappa shape index (κ2) is 6.13. The number of fused-ring (bicyclic) bond motifs is 2. The van der Waals surface area contributed by atoms with Crippen molar-refractivity contribution in [2.75, 3.05) is 13.1 Å². The third-order valence-corrected chi connectivity index (χ3v) is 4.54. The molecule has 4 nitrogen and oxygen atoms in total. The molecule has 23 heavy (non-hydrogen) atoms. The van der Waals surface area contributed by atoms with Gasteiger partial charge in [-0.05, 0) is 54.8 Å². The summed E-state index contributed by atoms with van der Waals surface area (Å²) >= 11 is 0. The molecule has 1 N–H and O–H groups in total. The third kappa shape index (κ3) is 2.99. The van der Waals surface area contributed by atoms with Crippen molar-refractivity contribution < 1.29 is 9.90 Å². The number of benzene rings is 1. The van der Waals surface area contributed by atoms with Crippen molar-refractivity contribution in [3.8, 4) is 0 Å². The normalized spacial score (nSPS) is 15.3. The number of hydrogen-bond donors (Lipinski definition) is 1. The van der Waals surface area contributed by atoms with Gasteiger partial charge in [0.15, 0.2) is 0 Å². The minimum atomic E-state index is -0.920. The van der Waals surface area contributed by atoms with Crippen LogP contribution in [0, 0.1) is 13.8 Å². The van der Waals surface area contributed by atoms with Crippen molar-refractivity contribution >= 4 is 22.9 Å². The molecular weight excluding hydrogens is 288 g/mol. The highest BCUT2D eigenvalue weighted by atomic mass is 16.4. The smallest absolute Gasteiger partial charge is 0.328 e. The number of carbonyl (C=O) groups is 1. The van der Waals surface area contributed by atoms with E-state index in [1.807, 2.05) is 0 Å². The quantitative estimate of drug-likeness (QED) is 0.884. The molecule has 1 aliphatic rings. The predicted molar refractivity (Wildman–Crippen MR) is 92.5 cm³/mol. The summed E-state index contributed by atoms with van der Waals surface area (Å²) in [6.45, 7) is 9.13. The Balaban J connectivity index is 2.30. The molecule has 0 fully saturated rings. The van der Waals surface area contributed by atoms with Crippen LogP contribution in [0.5, 0.6) is 0 Å². The number of pyridine rings is 1. The minimum absolute atomic E-state index is 0.835. The van der Waals surface area contributed by atoms with E-state index in [-0.39, 0.29) is 0 Å². The van der Waals surface area contributed by atoms with E-state index in [1.165, 1.54) is 17.2 Å². The molecule has 1 aromatic carbocycles. The fourth-order valence-corrected chi connectivity index (χ4v) is 3.46. The van der Waals surface area contributed by atoms with Crippen LogP contribution >= 0.6 is 0 Å². The average molecular weight is 310 g/mol. The monoisotopic (exact) mass is 310 g/mol. The molecule has 1 aliphatic heterocycles. The second-order valence-electron chi connectivity index (χ2n) is 6.22. The predicted octanol–water partition coefficient (Wildman–Crippen LogP) is 3.33. The molecule has 0 atom stereocenters. The molecule has 0 radical (unpaired) electrons. The Morgan fingerprint density at radius 2 is 2.17 bits per heavy atom. The SMILES string of the molecule is CCN1CCc2nc3cc(C)cc(C)c3c(/C=C/C(=O)O)c2C1. The lowest BCUT2D eigenvalue weighted by molar-refractivity contribution is -0.131. The van der Waals surface area contributed by atoms with Gasteiger partial charge < -0.3 is 5.11 Å². The van der Waals surface area contributed by atoms with Gasteiger partial charge in [0.2, 0.25) is 0 Å². The van der Waals surface area contributed by atoms with Gasteiger partial charge in [-0.1, -0.05) is 13.0 Å². The van der Waals surface area contributed by atoms with E-state index in [2.05, 4.69) is 37.8 Å². The summed E-state index contributed by atoms with van der Waals surface area (Å²) in [7, 11) is 0. The molecule has 0 amide bonds. The number of nitrogens with zero attached hydrogens (tertiary/aromatic N) is 2. The Labute approximate surface area is 136 Å². The molecule has 0 spiro atoms. The van der Waals surface area contributed by atoms with E-state index >= 15 is 0 Å². The van der Waals surface area contributed by atoms with Gasteiger partial charge in [0.25, 0.3) is 0 Å². The zero-order chi connectivity index (χ0) is 16.6. The number of aliphatic carboxylic acids is 1. The van der Waals surface area contributed by atoms with Crippen LogP contribution < -0.4 is 0 Å². The van der Waals surface area contributed by atoms with E-state index in [0.29, 0.717) is 0 Å². The zero-order valence-corrected chi connectivity index (χ0v) is 13.9. The lowest BCUT2D eigenvalue weighted by atomic mass is 9.92. The summed E-state index contributed by atoms with van der Waals surface area (Å²) in [5.74, 6) is -0.920. The fourth-order valence-electron chi connectivity index (χ4n) is 3.46. The van der Waals surface area contributed by atoms with Gasteiger partial charge in [0.1, 0.15) is 0 Å². The Bertz CT molecular complexity index is 809. The summed E-state index contributed by atoms with van der Waals surface area (Å²) in [6, 6.07) is 4.22. The van der Waals surface area contributed by atoms with Crippen molar-refractivity contribution in [3.63, 3.8) is 0 Å². The van der Waals surface area contributed by atoms with Crippen molar-refractivity contribution in [2.45, 2.75) is 33.7 Å². The summed E-state index contributed by atoms with van der Waals surface area (Å²) in [5.41, 5.74) is 6.60. The summed E-state index contributed by atoms with van der Waals surface area (Å²) in [5, 5.41) is 10.1. The molecular formula is C19H22N2O2. The molecule has 1 aromatic heterocycles. The Morgan fingerprint density at radius 3 is 2.87 bits per heavy atom. The van der Waals surface area contributed by atoms with Gasteiger partial charge in [-0.25, -0.2) is 4.79 Å². The fraction of sp³-hybridized carbons (Fsp3) is 0.368. The lowest BCUT2D eigenvalue weighted by Crippen LogP contribution is -2.31. The van der Waals surface area contributed by atoms with Crippen molar-refractivity contribution in [1.82, 2.24) is 9.88 Å². The zero-order valence-electron chi connectivity index (χ0n) is 13.9. The first-order valence-electron chi connectivity index (χ1n) is 8.05. The molecule has 0 saturated carbocycles. The minimum Gasteiger partial charge on any atom is -0.478 e. The molecule has 0 saturated heterocycles. The second-order valence-corrected chi connectivity index (χ2v) is 6.22. The first kappa shape index (κ1) is 15.7. The van der Waals surface area contributed by atoms with Crippen LogP contribution in [0.25, 0.3) is 17.0 Å². The van der Waals surface area contributed by atoms with Crippen LogP contribution in [-0.4, -0.2) is 34.0 Å². The maximum absolute atomic E-state index is 11.0. The molecule has 2 heterocycles. The molecule has 4 heteroatoms. The van der Waals surface area contributed by atoms with Crippen LogP contribution in [0.2, 0.25) is 0 Å². The van der Waals surface area contributed by atoms with Gasteiger partial charge in [-0.2, -0.15) is 0 Å². The molecule has 0 bridgehead atoms. The third-order valence-electron chi connectivity index (χ3n) is 4.54. The van der Waals surface area contributed by atoms with Crippen molar-refractivity contribution in [1.29, 1.82) is 0 Å². The maximum atomic E-state index is 11.0. The highest BCUT2D eigenvalue weighted by Crippen LogP contribution is 2.31. The average Bonchev–Trinajstić information content (AvgIpc) is 2.50. The summed E-state index contributed by atoms with van der Waals surface area (Å²) in [6.07, 6.45) is 3.89. The Morgan fingerprint density at radius 1 is 1.39 bits per heavy atom. The van der Waals surface area contributed by atoms with E-state index < -0.39 is 5.97 Å². The largest absolute Gasteiger partial charge is 0.478 e. The Hall–Kier alpha value is -2.20. The van der Waals surface area contributed by atoms with Gasteiger partial charge in [0, 0.05) is 36.7 Å². The van der Waals surface area contributed by atoms with Crippen LogP contribution in [0.4, 0.5) is 0 Å². The van der Waals surface area contributed by atoms with Crippen LogP contribution in [0.15, 0.2) is 18.2 Å². The summed E-state index contributed by atoms with van der Waals surface area (Å²) in [4.78, 5) is 18.3. The molecule has 0 aliphatic carbocycles. The van der Waals surface area contributed by atoms with Gasteiger partial charge in [-0.15, -0.1) is 0 Å². The van der Waals surface area contributed by atoms with Crippen molar-refractivity contribution in [2.24, 2.45) is 0 Å². The lowest BCUT2D eigenvalue weighted by Gasteiger charge is -2.29. The van der Waals surface area contributed by atoms with E-state index in [4.69, 9.17) is 10.1 Å². The maximum Gasteiger partial charge on any atom is 0.328 e. The standard InChI is InChI=1S/C19H22N2O2/c1-4-21-8-7-16-15(11-21)14(5-6-18(22)23)19-13(3)9-12(2)10-17(19)20-16/h5-6,9-10H,4,7-8,11H2,1-3H3,(H,22,23)/b6-5+. The van der Waals surface area contributed by atoms with Crippen LogP contribution in [0.1, 0.15) is 34.9 Å². The molecule has 120 valence electrons. The molecule has 3 rings (SSSR count). The van der Waals surface area contributed by atoms with E-state index in [0.717, 1.165) is 53.8 Å². The number of likely N-dealkylation sites (N-methyl/N-ethyl adjacent to an activating group) is 1. The number of aromatic nitrogens is 1. The van der Waals surface area contributed by atoms with E-state index in [9.17, 15) is 4.79 Å². The highest BCUT2D eigenvalue weighted by molar-refractivity contribution is 5.96. The van der Waals surface area contributed by atoms with E-state index in [1.54, 1.807) is 6.08 Å². The first-order chi connectivity index (χ1) is 11.0. The van der Waals surface area contributed by atoms with Gasteiger partial charge in [-0.3, -0.25) is 9.88 Å². The number of carboxylic acids is 1. The van der Waals surface area contributed by atoms with Gasteiger partial charge >= 0.3 is 5.97 Å². The number of hydrogen-bond acceptors (Lipinski definition) is 3. The van der Waals surface area contributed by atoms with Crippen molar-refractivity contribution in [3.05, 3.63) is 46.2 Å². The Kier molecular flexibility index (Phi) is 4.18. The highest BCUT2D eigenvalue weighted by Gasteiger charge is 2.21. The topological polar surface area (TPSA) is 53.4 Å². The molecule has 0 unspecified atom stereocenters.